The summed E-state index contributed by atoms with van der Waals surface area (Å²) in [7, 11) is 3.28. The first-order chi connectivity index (χ1) is 9.13. The van der Waals surface area contributed by atoms with E-state index in [1.807, 2.05) is 6.07 Å². The SMILES string of the molecule is CCc1sc(C(=O)N(CCOC)CCOC)cc1C. The minimum atomic E-state index is 0.0712. The van der Waals surface area contributed by atoms with Gasteiger partial charge in [0, 0.05) is 32.2 Å². The van der Waals surface area contributed by atoms with Crippen LogP contribution in [0.4, 0.5) is 0 Å². The number of amides is 1. The van der Waals surface area contributed by atoms with E-state index in [-0.39, 0.29) is 5.91 Å². The van der Waals surface area contributed by atoms with E-state index >= 15 is 0 Å². The number of carbonyl (C=O) groups excluding carboxylic acids is 1. The van der Waals surface area contributed by atoms with E-state index in [2.05, 4.69) is 13.8 Å². The van der Waals surface area contributed by atoms with Gasteiger partial charge in [0.05, 0.1) is 18.1 Å². The van der Waals surface area contributed by atoms with Crippen LogP contribution in [-0.2, 0) is 15.9 Å². The van der Waals surface area contributed by atoms with E-state index in [4.69, 9.17) is 9.47 Å². The molecule has 1 amide bonds. The van der Waals surface area contributed by atoms with Crippen molar-refractivity contribution in [2.45, 2.75) is 20.3 Å². The number of methoxy groups -OCH3 is 2. The second-order valence-corrected chi connectivity index (χ2v) is 5.48. The monoisotopic (exact) mass is 285 g/mol. The number of aryl methyl sites for hydroxylation is 2. The minimum absolute atomic E-state index is 0.0712. The predicted molar refractivity (Wildman–Crippen MR) is 78.1 cm³/mol. The van der Waals surface area contributed by atoms with Gasteiger partial charge < -0.3 is 14.4 Å². The molecular weight excluding hydrogens is 262 g/mol. The highest BCUT2D eigenvalue weighted by Gasteiger charge is 2.18. The summed E-state index contributed by atoms with van der Waals surface area (Å²) in [6, 6.07) is 1.98. The van der Waals surface area contributed by atoms with Crippen molar-refractivity contribution < 1.29 is 14.3 Å². The molecular formula is C14H23NO3S. The van der Waals surface area contributed by atoms with Gasteiger partial charge in [-0.1, -0.05) is 6.92 Å². The molecule has 1 heterocycles. The zero-order valence-electron chi connectivity index (χ0n) is 12.2. The molecule has 108 valence electrons. The third kappa shape index (κ3) is 4.60. The molecule has 0 saturated heterocycles. The number of carbonyl (C=O) groups is 1. The Bertz CT molecular complexity index is 395. The summed E-state index contributed by atoms with van der Waals surface area (Å²) in [6.07, 6.45) is 0.972. The summed E-state index contributed by atoms with van der Waals surface area (Å²) in [6.45, 7) is 6.44. The number of ether oxygens (including phenoxy) is 2. The number of nitrogens with zero attached hydrogens (tertiary/aromatic N) is 1. The normalized spacial score (nSPS) is 10.7. The summed E-state index contributed by atoms with van der Waals surface area (Å²) in [5.41, 5.74) is 1.20. The van der Waals surface area contributed by atoms with Gasteiger partial charge in [0.15, 0.2) is 0 Å². The van der Waals surface area contributed by atoms with Crippen LogP contribution in [0, 0.1) is 6.92 Å². The molecule has 0 aliphatic heterocycles. The molecule has 5 heteroatoms. The van der Waals surface area contributed by atoms with E-state index in [9.17, 15) is 4.79 Å². The lowest BCUT2D eigenvalue weighted by Gasteiger charge is -2.21. The van der Waals surface area contributed by atoms with Crippen molar-refractivity contribution >= 4 is 17.2 Å². The second-order valence-electron chi connectivity index (χ2n) is 4.35. The fourth-order valence-electron chi connectivity index (χ4n) is 1.85. The van der Waals surface area contributed by atoms with Crippen LogP contribution >= 0.6 is 11.3 Å². The Kier molecular flexibility index (Phi) is 7.05. The molecule has 0 radical (unpaired) electrons. The summed E-state index contributed by atoms with van der Waals surface area (Å²) in [4.78, 5) is 16.3. The van der Waals surface area contributed by atoms with Crippen molar-refractivity contribution in [1.82, 2.24) is 4.90 Å². The average molecular weight is 285 g/mol. The Morgan fingerprint density at radius 2 is 1.84 bits per heavy atom. The highest BCUT2D eigenvalue weighted by Crippen LogP contribution is 2.23. The predicted octanol–water partition coefficient (Wildman–Crippen LogP) is 2.35. The molecule has 0 aliphatic carbocycles. The number of hydrogen-bond donors (Lipinski definition) is 0. The lowest BCUT2D eigenvalue weighted by molar-refractivity contribution is 0.0632. The van der Waals surface area contributed by atoms with Crippen LogP contribution in [0.2, 0.25) is 0 Å². The average Bonchev–Trinajstić information content (AvgIpc) is 2.79. The lowest BCUT2D eigenvalue weighted by Crippen LogP contribution is -2.36. The van der Waals surface area contributed by atoms with Crippen molar-refractivity contribution in [3.8, 4) is 0 Å². The first-order valence-corrected chi connectivity index (χ1v) is 7.32. The molecule has 0 aromatic carbocycles. The van der Waals surface area contributed by atoms with Crippen molar-refractivity contribution in [2.24, 2.45) is 0 Å². The summed E-state index contributed by atoms with van der Waals surface area (Å²) < 4.78 is 10.1. The van der Waals surface area contributed by atoms with E-state index in [1.165, 1.54) is 10.4 Å². The molecule has 4 nitrogen and oxygen atoms in total. The van der Waals surface area contributed by atoms with Crippen molar-refractivity contribution in [1.29, 1.82) is 0 Å². The number of thiophene rings is 1. The van der Waals surface area contributed by atoms with Crippen LogP contribution in [0.3, 0.4) is 0 Å². The Morgan fingerprint density at radius 3 is 2.26 bits per heavy atom. The highest BCUT2D eigenvalue weighted by atomic mass is 32.1. The quantitative estimate of drug-likeness (QED) is 0.736. The maximum Gasteiger partial charge on any atom is 0.264 e. The van der Waals surface area contributed by atoms with Crippen LogP contribution in [0.1, 0.15) is 27.0 Å². The first-order valence-electron chi connectivity index (χ1n) is 6.50. The maximum absolute atomic E-state index is 12.5. The lowest BCUT2D eigenvalue weighted by atomic mass is 10.2. The van der Waals surface area contributed by atoms with Crippen LogP contribution in [0.15, 0.2) is 6.07 Å². The third-order valence-corrected chi connectivity index (χ3v) is 4.34. The van der Waals surface area contributed by atoms with Crippen molar-refractivity contribution in [2.75, 3.05) is 40.5 Å². The molecule has 0 aliphatic rings. The molecule has 1 aromatic heterocycles. The van der Waals surface area contributed by atoms with Gasteiger partial charge in [0.1, 0.15) is 0 Å². The van der Waals surface area contributed by atoms with Gasteiger partial charge in [-0.25, -0.2) is 0 Å². The Morgan fingerprint density at radius 1 is 1.26 bits per heavy atom. The van der Waals surface area contributed by atoms with Gasteiger partial charge in [-0.3, -0.25) is 4.79 Å². The fourth-order valence-corrected chi connectivity index (χ4v) is 2.93. The van der Waals surface area contributed by atoms with Gasteiger partial charge in [-0.2, -0.15) is 0 Å². The van der Waals surface area contributed by atoms with Crippen LogP contribution in [0.5, 0.6) is 0 Å². The highest BCUT2D eigenvalue weighted by molar-refractivity contribution is 7.14. The smallest absolute Gasteiger partial charge is 0.264 e. The zero-order valence-corrected chi connectivity index (χ0v) is 13.0. The molecule has 19 heavy (non-hydrogen) atoms. The molecule has 0 spiro atoms. The fraction of sp³-hybridized carbons (Fsp3) is 0.643. The van der Waals surface area contributed by atoms with E-state index in [0.29, 0.717) is 26.3 Å². The van der Waals surface area contributed by atoms with E-state index in [0.717, 1.165) is 11.3 Å². The van der Waals surface area contributed by atoms with E-state index in [1.54, 1.807) is 30.5 Å². The Balaban J connectivity index is 2.78. The standard InChI is InChI=1S/C14H23NO3S/c1-5-12-11(2)10-13(19-12)14(16)15(6-8-17-3)7-9-18-4/h10H,5-9H2,1-4H3. The molecule has 0 saturated carbocycles. The molecule has 0 atom stereocenters. The molecule has 0 fully saturated rings. The van der Waals surface area contributed by atoms with Crippen LogP contribution in [0.25, 0.3) is 0 Å². The van der Waals surface area contributed by atoms with Crippen molar-refractivity contribution in [3.63, 3.8) is 0 Å². The van der Waals surface area contributed by atoms with Gasteiger partial charge >= 0.3 is 0 Å². The first kappa shape index (κ1) is 16.1. The number of hydrogen-bond acceptors (Lipinski definition) is 4. The Labute approximate surface area is 119 Å². The second kappa shape index (κ2) is 8.30. The topological polar surface area (TPSA) is 38.8 Å². The number of rotatable bonds is 8. The molecule has 0 bridgehead atoms. The van der Waals surface area contributed by atoms with Gasteiger partial charge in [0.25, 0.3) is 5.91 Å². The zero-order chi connectivity index (χ0) is 14.3. The molecule has 1 rings (SSSR count). The minimum Gasteiger partial charge on any atom is -0.383 e. The molecule has 1 aromatic rings. The van der Waals surface area contributed by atoms with E-state index < -0.39 is 0 Å². The Hall–Kier alpha value is -0.910. The van der Waals surface area contributed by atoms with Gasteiger partial charge in [0.2, 0.25) is 0 Å². The molecule has 0 N–H and O–H groups in total. The van der Waals surface area contributed by atoms with Crippen LogP contribution < -0.4 is 0 Å². The van der Waals surface area contributed by atoms with Crippen LogP contribution in [-0.4, -0.2) is 51.3 Å². The van der Waals surface area contributed by atoms with Gasteiger partial charge in [-0.15, -0.1) is 11.3 Å². The summed E-state index contributed by atoms with van der Waals surface area (Å²) in [5.74, 6) is 0.0712. The molecule has 0 unspecified atom stereocenters. The van der Waals surface area contributed by atoms with Crippen molar-refractivity contribution in [3.05, 3.63) is 21.4 Å². The largest absolute Gasteiger partial charge is 0.383 e. The summed E-state index contributed by atoms with van der Waals surface area (Å²) >= 11 is 1.59. The summed E-state index contributed by atoms with van der Waals surface area (Å²) in [5, 5.41) is 0. The van der Waals surface area contributed by atoms with Gasteiger partial charge in [-0.05, 0) is 25.0 Å². The maximum atomic E-state index is 12.5. The third-order valence-electron chi connectivity index (χ3n) is 2.97.